The second kappa shape index (κ2) is 12.7. The van der Waals surface area contributed by atoms with Crippen LogP contribution in [0, 0.1) is 22.9 Å². The van der Waals surface area contributed by atoms with Crippen LogP contribution in [-0.2, 0) is 25.8 Å². The first-order valence-electron chi connectivity index (χ1n) is 13.2. The molecule has 2 unspecified atom stereocenters. The fraction of sp³-hybridized carbons (Fsp3) is 0.643. The number of hydrogen-bond acceptors (Lipinski definition) is 0. The van der Waals surface area contributed by atoms with Crippen molar-refractivity contribution >= 4 is 16.1 Å². The van der Waals surface area contributed by atoms with Gasteiger partial charge in [-0.05, 0) is 40.8 Å². The summed E-state index contributed by atoms with van der Waals surface area (Å²) in [5, 5.41) is 0. The summed E-state index contributed by atoms with van der Waals surface area (Å²) in [7, 11) is -1.75. The van der Waals surface area contributed by atoms with Gasteiger partial charge in [-0.1, -0.05) is 88.6 Å². The molecule has 0 bridgehead atoms. The second-order valence-corrected chi connectivity index (χ2v) is 20.7. The van der Waals surface area contributed by atoms with E-state index in [0.29, 0.717) is 0 Å². The van der Waals surface area contributed by atoms with Crippen molar-refractivity contribution < 1.29 is 50.7 Å². The monoisotopic (exact) mass is 684 g/mol. The van der Waals surface area contributed by atoms with Gasteiger partial charge >= 0.3 is 25.8 Å². The normalized spacial score (nSPS) is 29.3. The van der Waals surface area contributed by atoms with E-state index in [-0.39, 0.29) is 50.7 Å². The molecular weight excluding hydrogens is 642 g/mol. The first kappa shape index (κ1) is 29.8. The summed E-state index contributed by atoms with van der Waals surface area (Å²) in [6, 6.07) is 9.44. The van der Waals surface area contributed by atoms with Crippen molar-refractivity contribution in [2.45, 2.75) is 101 Å². The van der Waals surface area contributed by atoms with Crippen molar-refractivity contribution in [2.24, 2.45) is 11.8 Å². The molecule has 180 valence electrons. The Bertz CT molecular complexity index is 689. The zero-order valence-corrected chi connectivity index (χ0v) is 27.9. The third-order valence-corrected chi connectivity index (χ3v) is 21.6. The summed E-state index contributed by atoms with van der Waals surface area (Å²) in [5.41, 5.74) is 7.58. The fourth-order valence-corrected chi connectivity index (χ4v) is 16.6. The van der Waals surface area contributed by atoms with Gasteiger partial charge in [-0.3, -0.25) is 0 Å². The number of halogens is 2. The molecule has 0 aromatic carbocycles. The zero-order chi connectivity index (χ0) is 20.6. The average Bonchev–Trinajstić information content (AvgIpc) is 3.34. The van der Waals surface area contributed by atoms with E-state index in [1.165, 1.54) is 63.5 Å². The van der Waals surface area contributed by atoms with Crippen LogP contribution in [0.4, 0.5) is 0 Å². The van der Waals surface area contributed by atoms with E-state index < -0.39 is 16.1 Å². The molecule has 4 aliphatic carbocycles. The van der Waals surface area contributed by atoms with Gasteiger partial charge in [0.15, 0.2) is 0 Å². The van der Waals surface area contributed by atoms with Crippen LogP contribution in [-0.4, -0.2) is 16.1 Å². The third-order valence-electron chi connectivity index (χ3n) is 9.98. The van der Waals surface area contributed by atoms with Crippen LogP contribution in [0.3, 0.4) is 0 Å². The molecular formula is C28H42Cl2HfSi2. The van der Waals surface area contributed by atoms with Gasteiger partial charge in [0.2, 0.25) is 0 Å². The van der Waals surface area contributed by atoms with Gasteiger partial charge in [0.1, 0.15) is 0 Å². The van der Waals surface area contributed by atoms with Crippen LogP contribution in [0.2, 0.25) is 36.3 Å². The van der Waals surface area contributed by atoms with Crippen LogP contribution in [0.5, 0.6) is 0 Å². The maximum absolute atomic E-state index is 2.45. The number of rotatable bonds is 4. The minimum absolute atomic E-state index is 0. The summed E-state index contributed by atoms with van der Waals surface area (Å²) < 4.78 is 0. The fourth-order valence-electron chi connectivity index (χ4n) is 7.61. The molecule has 6 aliphatic rings. The quantitative estimate of drug-likeness (QED) is 0.316. The predicted molar refractivity (Wildman–Crippen MR) is 137 cm³/mol. The Morgan fingerprint density at radius 3 is 1.42 bits per heavy atom. The molecule has 0 nitrogen and oxygen atoms in total. The Morgan fingerprint density at radius 1 is 0.727 bits per heavy atom. The molecule has 6 rings (SSSR count). The first-order chi connectivity index (χ1) is 14.7. The molecule has 2 saturated carbocycles. The molecule has 0 aromatic heterocycles. The Morgan fingerprint density at radius 2 is 1.12 bits per heavy atom. The molecule has 2 heterocycles. The molecule has 0 amide bonds. The van der Waals surface area contributed by atoms with Gasteiger partial charge in [-0.2, -0.15) is 0 Å². The van der Waals surface area contributed by atoms with Crippen molar-refractivity contribution in [2.75, 3.05) is 0 Å². The van der Waals surface area contributed by atoms with Crippen LogP contribution in [0.1, 0.15) is 65.2 Å². The molecule has 0 aromatic rings. The molecule has 4 fully saturated rings. The number of hydrogen-bond donors (Lipinski definition) is 0. The van der Waals surface area contributed by atoms with Gasteiger partial charge in [-0.15, -0.1) is 24.3 Å². The molecule has 5 heteroatoms. The van der Waals surface area contributed by atoms with Crippen molar-refractivity contribution in [3.63, 3.8) is 0 Å². The minimum atomic E-state index is -0.877. The predicted octanol–water partition coefficient (Wildman–Crippen LogP) is 2.54. The molecule has 0 N–H and O–H groups in total. The maximum Gasteiger partial charge on any atom is 4.00 e. The van der Waals surface area contributed by atoms with E-state index in [9.17, 15) is 0 Å². The second-order valence-electron chi connectivity index (χ2n) is 11.0. The average molecular weight is 684 g/mol. The smallest absolute Gasteiger partial charge is 1.00 e. The Hall–Kier alpha value is 0.584. The number of fused-ring (bicyclic) bond motifs is 2. The van der Waals surface area contributed by atoms with Crippen LogP contribution < -0.4 is 24.8 Å². The van der Waals surface area contributed by atoms with E-state index in [1.54, 1.807) is 35.3 Å². The van der Waals surface area contributed by atoms with Gasteiger partial charge in [0.25, 0.3) is 0 Å². The summed E-state index contributed by atoms with van der Waals surface area (Å²) in [6.07, 6.45) is 25.7. The van der Waals surface area contributed by atoms with Gasteiger partial charge < -0.3 is 24.8 Å². The van der Waals surface area contributed by atoms with E-state index >= 15 is 0 Å². The Labute approximate surface area is 237 Å². The molecule has 2 saturated heterocycles. The first-order valence-corrected chi connectivity index (χ1v) is 18.4. The summed E-state index contributed by atoms with van der Waals surface area (Å²) >= 11 is 0. The van der Waals surface area contributed by atoms with E-state index in [0.717, 1.165) is 11.8 Å². The van der Waals surface area contributed by atoms with Crippen molar-refractivity contribution in [3.8, 4) is 0 Å². The summed E-state index contributed by atoms with van der Waals surface area (Å²) in [6.45, 7) is 4.90. The molecule has 2 aliphatic heterocycles. The van der Waals surface area contributed by atoms with Crippen LogP contribution in [0.25, 0.3) is 0 Å². The van der Waals surface area contributed by atoms with Crippen molar-refractivity contribution in [1.82, 2.24) is 0 Å². The van der Waals surface area contributed by atoms with Crippen molar-refractivity contribution in [1.29, 1.82) is 0 Å². The Balaban J connectivity index is 0.000000214. The van der Waals surface area contributed by atoms with Gasteiger partial charge in [0, 0.05) is 0 Å². The van der Waals surface area contributed by atoms with Gasteiger partial charge in [-0.25, -0.2) is 34.4 Å². The summed E-state index contributed by atoms with van der Waals surface area (Å²) in [5.74, 6) is 1.84. The number of allylic oxidation sites excluding steroid dienone is 8. The zero-order valence-electron chi connectivity index (χ0n) is 20.8. The topological polar surface area (TPSA) is 0 Å². The molecule has 0 radical (unpaired) electrons. The third kappa shape index (κ3) is 5.48. The molecule has 0 spiro atoms. The standard InChI is InChI=1S/2C14H21Si.2ClH.Hf/c2*1-2-15(10-5-11-15)14-9-8-12-6-3-4-7-13(12)14;;;/h2*3-4,7,12H,2,5-6,8-11H2,1H3;2*1H;/q2*-1;;;+4/p-2. The van der Waals surface area contributed by atoms with Gasteiger partial charge in [0.05, 0.1) is 0 Å². The Kier molecular flexibility index (Phi) is 11.5. The largest absolute Gasteiger partial charge is 4.00 e. The minimum Gasteiger partial charge on any atom is -1.00 e. The van der Waals surface area contributed by atoms with E-state index in [4.69, 9.17) is 0 Å². The summed E-state index contributed by atoms with van der Waals surface area (Å²) in [4.78, 5) is 0. The van der Waals surface area contributed by atoms with Crippen LogP contribution in [0.15, 0.2) is 47.6 Å². The van der Waals surface area contributed by atoms with E-state index in [2.05, 4.69) is 50.3 Å². The van der Waals surface area contributed by atoms with Crippen molar-refractivity contribution in [3.05, 3.63) is 58.7 Å². The van der Waals surface area contributed by atoms with Crippen LogP contribution >= 0.6 is 0 Å². The maximum atomic E-state index is 2.45. The SMILES string of the molecule is CC[Si]1([C-]2CCC3CC=CC=C23)CCC1.CC[Si]1([C-]2CCC3CC=CC=C23)CCC1.[Cl-].[Cl-].[Hf+4]. The van der Waals surface area contributed by atoms with E-state index in [1.807, 2.05) is 11.1 Å². The molecule has 33 heavy (non-hydrogen) atoms. The molecule has 2 atom stereocenters.